The number of carbonyl (C=O) groups is 1. The van der Waals surface area contributed by atoms with Crippen molar-refractivity contribution < 1.29 is 4.79 Å². The normalized spacial score (nSPS) is 10.2. The molecule has 1 aromatic carbocycles. The number of nitrogens with zero attached hydrogens (tertiary/aromatic N) is 2. The van der Waals surface area contributed by atoms with Gasteiger partial charge < -0.3 is 10.6 Å². The monoisotopic (exact) mass is 249 g/mol. The van der Waals surface area contributed by atoms with E-state index in [1.807, 2.05) is 43.0 Å². The molecular weight excluding hydrogens is 226 g/mol. The molecule has 4 nitrogen and oxygen atoms in total. The molecule has 0 aromatic heterocycles. The molecule has 1 aromatic rings. The SMILES string of the molecule is CCCN(C(=O)N(CC)CC)c1ccccc1N. The smallest absolute Gasteiger partial charge is 0.324 e. The Morgan fingerprint density at radius 2 is 1.78 bits per heavy atom. The molecule has 2 amide bonds. The van der Waals surface area contributed by atoms with Crippen molar-refractivity contribution in [1.29, 1.82) is 0 Å². The Bertz CT molecular complexity index is 388. The van der Waals surface area contributed by atoms with Gasteiger partial charge in [0.25, 0.3) is 0 Å². The van der Waals surface area contributed by atoms with Crippen molar-refractivity contribution in [2.45, 2.75) is 27.2 Å². The van der Waals surface area contributed by atoms with Crippen molar-refractivity contribution in [3.8, 4) is 0 Å². The first kappa shape index (κ1) is 14.4. The molecule has 0 fully saturated rings. The standard InChI is InChI=1S/C14H23N3O/c1-4-11-17(14(18)16(5-2)6-3)13-10-8-7-9-12(13)15/h7-10H,4-6,11,15H2,1-3H3. The van der Waals surface area contributed by atoms with E-state index in [-0.39, 0.29) is 6.03 Å². The first-order valence-electron chi connectivity index (χ1n) is 6.56. The van der Waals surface area contributed by atoms with Gasteiger partial charge in [-0.2, -0.15) is 0 Å². The van der Waals surface area contributed by atoms with E-state index in [1.165, 1.54) is 0 Å². The highest BCUT2D eigenvalue weighted by Gasteiger charge is 2.20. The van der Waals surface area contributed by atoms with Crippen LogP contribution in [0.2, 0.25) is 0 Å². The van der Waals surface area contributed by atoms with Gasteiger partial charge in [0, 0.05) is 19.6 Å². The van der Waals surface area contributed by atoms with Crippen molar-refractivity contribution in [2.24, 2.45) is 0 Å². The largest absolute Gasteiger partial charge is 0.397 e. The molecule has 0 bridgehead atoms. The van der Waals surface area contributed by atoms with Crippen LogP contribution >= 0.6 is 0 Å². The number of urea groups is 1. The van der Waals surface area contributed by atoms with E-state index < -0.39 is 0 Å². The number of rotatable bonds is 5. The molecule has 18 heavy (non-hydrogen) atoms. The zero-order chi connectivity index (χ0) is 13.5. The van der Waals surface area contributed by atoms with E-state index in [2.05, 4.69) is 6.92 Å². The van der Waals surface area contributed by atoms with Gasteiger partial charge in [0.05, 0.1) is 11.4 Å². The van der Waals surface area contributed by atoms with Crippen molar-refractivity contribution in [2.75, 3.05) is 30.3 Å². The van der Waals surface area contributed by atoms with Gasteiger partial charge in [-0.15, -0.1) is 0 Å². The number of benzene rings is 1. The molecule has 0 aliphatic rings. The number of anilines is 2. The van der Waals surface area contributed by atoms with Gasteiger partial charge in [0.2, 0.25) is 0 Å². The Labute approximate surface area is 109 Å². The van der Waals surface area contributed by atoms with Crippen molar-refractivity contribution in [3.05, 3.63) is 24.3 Å². The minimum Gasteiger partial charge on any atom is -0.397 e. The summed E-state index contributed by atoms with van der Waals surface area (Å²) < 4.78 is 0. The maximum atomic E-state index is 12.4. The molecular formula is C14H23N3O. The van der Waals surface area contributed by atoms with Crippen LogP contribution in [0.4, 0.5) is 16.2 Å². The Kier molecular flexibility index (Phi) is 5.49. The van der Waals surface area contributed by atoms with Crippen LogP contribution in [0.5, 0.6) is 0 Å². The van der Waals surface area contributed by atoms with E-state index in [1.54, 1.807) is 4.90 Å². The molecule has 0 saturated carbocycles. The van der Waals surface area contributed by atoms with Gasteiger partial charge in [-0.25, -0.2) is 4.79 Å². The molecule has 1 rings (SSSR count). The molecule has 0 saturated heterocycles. The third kappa shape index (κ3) is 3.15. The lowest BCUT2D eigenvalue weighted by Crippen LogP contribution is -2.43. The molecule has 2 N–H and O–H groups in total. The summed E-state index contributed by atoms with van der Waals surface area (Å²) in [6.07, 6.45) is 0.904. The molecule has 4 heteroatoms. The minimum absolute atomic E-state index is 0.0275. The number of amides is 2. The van der Waals surface area contributed by atoms with Crippen LogP contribution in [0.1, 0.15) is 27.2 Å². The van der Waals surface area contributed by atoms with Gasteiger partial charge in [-0.05, 0) is 32.4 Å². The Morgan fingerprint density at radius 3 is 2.28 bits per heavy atom. The highest BCUT2D eigenvalue weighted by atomic mass is 16.2. The topological polar surface area (TPSA) is 49.6 Å². The first-order chi connectivity index (χ1) is 8.65. The second-order valence-corrected chi connectivity index (χ2v) is 4.17. The number of nitrogens with two attached hydrogens (primary N) is 1. The van der Waals surface area contributed by atoms with E-state index in [4.69, 9.17) is 5.73 Å². The summed E-state index contributed by atoms with van der Waals surface area (Å²) in [5, 5.41) is 0. The average molecular weight is 249 g/mol. The van der Waals surface area contributed by atoms with Crippen LogP contribution in [0.3, 0.4) is 0 Å². The highest BCUT2D eigenvalue weighted by molar-refractivity contribution is 5.95. The van der Waals surface area contributed by atoms with Crippen molar-refractivity contribution in [3.63, 3.8) is 0 Å². The predicted molar refractivity (Wildman–Crippen MR) is 76.8 cm³/mol. The van der Waals surface area contributed by atoms with Crippen LogP contribution in [0, 0.1) is 0 Å². The van der Waals surface area contributed by atoms with Gasteiger partial charge in [0.15, 0.2) is 0 Å². The number of carbonyl (C=O) groups excluding carboxylic acids is 1. The molecule has 0 atom stereocenters. The second-order valence-electron chi connectivity index (χ2n) is 4.17. The van der Waals surface area contributed by atoms with Crippen LogP contribution < -0.4 is 10.6 Å². The fourth-order valence-corrected chi connectivity index (χ4v) is 1.94. The molecule has 0 heterocycles. The van der Waals surface area contributed by atoms with Gasteiger partial charge in [-0.1, -0.05) is 19.1 Å². The second kappa shape index (κ2) is 6.89. The van der Waals surface area contributed by atoms with E-state index in [0.29, 0.717) is 25.3 Å². The van der Waals surface area contributed by atoms with Crippen LogP contribution in [0.15, 0.2) is 24.3 Å². The molecule has 0 radical (unpaired) electrons. The fourth-order valence-electron chi connectivity index (χ4n) is 1.94. The third-order valence-electron chi connectivity index (χ3n) is 2.94. The average Bonchev–Trinajstić information content (AvgIpc) is 2.38. The maximum Gasteiger partial charge on any atom is 0.324 e. The van der Waals surface area contributed by atoms with Gasteiger partial charge >= 0.3 is 6.03 Å². The summed E-state index contributed by atoms with van der Waals surface area (Å²) in [7, 11) is 0. The number of nitrogen functional groups attached to an aromatic ring is 1. The van der Waals surface area contributed by atoms with E-state index in [9.17, 15) is 4.79 Å². The quantitative estimate of drug-likeness (QED) is 0.816. The molecule has 0 spiro atoms. The Morgan fingerprint density at radius 1 is 1.17 bits per heavy atom. The van der Waals surface area contributed by atoms with Crippen LogP contribution in [0.25, 0.3) is 0 Å². The van der Waals surface area contributed by atoms with Crippen molar-refractivity contribution >= 4 is 17.4 Å². The Balaban J connectivity index is 3.02. The van der Waals surface area contributed by atoms with Gasteiger partial charge in [-0.3, -0.25) is 4.90 Å². The van der Waals surface area contributed by atoms with Crippen LogP contribution in [-0.2, 0) is 0 Å². The predicted octanol–water partition coefficient (Wildman–Crippen LogP) is 2.95. The van der Waals surface area contributed by atoms with E-state index in [0.717, 1.165) is 12.1 Å². The third-order valence-corrected chi connectivity index (χ3v) is 2.94. The lowest BCUT2D eigenvalue weighted by atomic mass is 10.2. The van der Waals surface area contributed by atoms with Crippen LogP contribution in [-0.4, -0.2) is 30.6 Å². The molecule has 100 valence electrons. The number of para-hydroxylation sites is 2. The fraction of sp³-hybridized carbons (Fsp3) is 0.500. The summed E-state index contributed by atoms with van der Waals surface area (Å²) in [5.74, 6) is 0. The number of hydrogen-bond acceptors (Lipinski definition) is 2. The summed E-state index contributed by atoms with van der Waals surface area (Å²) in [6.45, 7) is 8.13. The number of hydrogen-bond donors (Lipinski definition) is 1. The molecule has 0 unspecified atom stereocenters. The Hall–Kier alpha value is -1.71. The van der Waals surface area contributed by atoms with E-state index >= 15 is 0 Å². The van der Waals surface area contributed by atoms with Crippen molar-refractivity contribution in [1.82, 2.24) is 4.90 Å². The maximum absolute atomic E-state index is 12.4. The summed E-state index contributed by atoms with van der Waals surface area (Å²) in [6, 6.07) is 7.54. The highest BCUT2D eigenvalue weighted by Crippen LogP contribution is 2.23. The minimum atomic E-state index is 0.0275. The summed E-state index contributed by atoms with van der Waals surface area (Å²) >= 11 is 0. The lowest BCUT2D eigenvalue weighted by molar-refractivity contribution is 0.210. The molecule has 0 aliphatic heterocycles. The zero-order valence-electron chi connectivity index (χ0n) is 11.5. The zero-order valence-corrected chi connectivity index (χ0v) is 11.5. The first-order valence-corrected chi connectivity index (χ1v) is 6.56. The lowest BCUT2D eigenvalue weighted by Gasteiger charge is -2.29. The summed E-state index contributed by atoms with van der Waals surface area (Å²) in [4.78, 5) is 16.0. The van der Waals surface area contributed by atoms with Gasteiger partial charge in [0.1, 0.15) is 0 Å². The summed E-state index contributed by atoms with van der Waals surface area (Å²) in [5.41, 5.74) is 7.41. The molecule has 0 aliphatic carbocycles.